The molecule has 3 heterocycles. The number of methoxy groups -OCH3 is 1. The van der Waals surface area contributed by atoms with Crippen molar-refractivity contribution in [2.24, 2.45) is 11.8 Å². The van der Waals surface area contributed by atoms with Crippen LogP contribution in [0.1, 0.15) is 49.5 Å². The maximum Gasteiger partial charge on any atom is 0.308 e. The van der Waals surface area contributed by atoms with Crippen molar-refractivity contribution >= 4 is 16.9 Å². The van der Waals surface area contributed by atoms with Gasteiger partial charge in [0.2, 0.25) is 0 Å². The highest BCUT2D eigenvalue weighted by Crippen LogP contribution is 2.35. The molecule has 1 saturated heterocycles. The van der Waals surface area contributed by atoms with Crippen LogP contribution in [0.3, 0.4) is 0 Å². The number of nitrogens with zero attached hydrogens (tertiary/aromatic N) is 3. The van der Waals surface area contributed by atoms with Crippen molar-refractivity contribution in [3.05, 3.63) is 66.1 Å². The monoisotopic (exact) mass is 479 g/mol. The topological polar surface area (TPSA) is 75.5 Å². The predicted molar refractivity (Wildman–Crippen MR) is 134 cm³/mol. The third kappa shape index (κ3) is 6.54. The Kier molecular flexibility index (Phi) is 8.64. The summed E-state index contributed by atoms with van der Waals surface area (Å²) in [5.41, 5.74) is 2.41. The van der Waals surface area contributed by atoms with Gasteiger partial charge in [-0.1, -0.05) is 6.07 Å². The molecule has 4 rings (SSSR count). The van der Waals surface area contributed by atoms with E-state index in [1.165, 1.54) is 0 Å². The van der Waals surface area contributed by atoms with Crippen molar-refractivity contribution < 1.29 is 19.0 Å². The standard InChI is InChI=1S/C28H34FN3O3/c1-35-22-9-11-27-24(18-22)23(12-15-31-27)26(29)10-8-20-13-17-32(19-25(20)28(33)34)16-5-3-7-21-6-2-4-14-30-21/h2,4,6,9,11-12,14-15,18,20,25-26H,3,5,7-8,10,13,16-17,19H2,1H3,(H,33,34)/t20-,25+,26+/m1/s1. The highest BCUT2D eigenvalue weighted by molar-refractivity contribution is 5.83. The summed E-state index contributed by atoms with van der Waals surface area (Å²) < 4.78 is 20.7. The molecule has 3 atom stereocenters. The lowest BCUT2D eigenvalue weighted by Crippen LogP contribution is -2.44. The smallest absolute Gasteiger partial charge is 0.308 e. The second kappa shape index (κ2) is 12.1. The van der Waals surface area contributed by atoms with E-state index >= 15 is 4.39 Å². The van der Waals surface area contributed by atoms with E-state index in [4.69, 9.17) is 4.74 Å². The number of aliphatic carboxylic acids is 1. The van der Waals surface area contributed by atoms with Gasteiger partial charge in [-0.15, -0.1) is 0 Å². The Bertz CT molecular complexity index is 1110. The van der Waals surface area contributed by atoms with E-state index in [2.05, 4.69) is 14.9 Å². The van der Waals surface area contributed by atoms with Gasteiger partial charge in [-0.05, 0) is 99.5 Å². The van der Waals surface area contributed by atoms with Crippen LogP contribution in [-0.4, -0.2) is 52.7 Å². The molecule has 0 bridgehead atoms. The van der Waals surface area contributed by atoms with Crippen LogP contribution in [0.15, 0.2) is 54.9 Å². The minimum absolute atomic E-state index is 0.0156. The number of carboxylic acid groups (broad SMARTS) is 1. The first kappa shape index (κ1) is 25.0. The second-order valence-electron chi connectivity index (χ2n) is 9.40. The molecule has 7 heteroatoms. The van der Waals surface area contributed by atoms with Gasteiger partial charge in [-0.3, -0.25) is 14.8 Å². The van der Waals surface area contributed by atoms with E-state index in [0.717, 1.165) is 55.4 Å². The highest BCUT2D eigenvalue weighted by atomic mass is 19.1. The summed E-state index contributed by atoms with van der Waals surface area (Å²) in [4.78, 5) is 23.0. The van der Waals surface area contributed by atoms with Gasteiger partial charge in [-0.25, -0.2) is 4.39 Å². The summed E-state index contributed by atoms with van der Waals surface area (Å²) >= 11 is 0. The van der Waals surface area contributed by atoms with Crippen molar-refractivity contribution in [2.75, 3.05) is 26.7 Å². The van der Waals surface area contributed by atoms with Gasteiger partial charge in [0.05, 0.1) is 18.5 Å². The summed E-state index contributed by atoms with van der Waals surface area (Å²) in [5, 5.41) is 10.6. The molecule has 1 fully saturated rings. The molecular weight excluding hydrogens is 445 g/mol. The number of fused-ring (bicyclic) bond motifs is 1. The van der Waals surface area contributed by atoms with Gasteiger partial charge in [0.1, 0.15) is 11.9 Å². The Morgan fingerprint density at radius 1 is 1.20 bits per heavy atom. The van der Waals surface area contributed by atoms with Crippen LogP contribution in [0.5, 0.6) is 5.75 Å². The minimum Gasteiger partial charge on any atom is -0.497 e. The number of alkyl halides is 1. The first-order valence-electron chi connectivity index (χ1n) is 12.5. The minimum atomic E-state index is -1.17. The normalized spacial score (nSPS) is 19.5. The molecule has 0 saturated carbocycles. The van der Waals surface area contributed by atoms with Crippen molar-refractivity contribution in [2.45, 2.75) is 44.7 Å². The Morgan fingerprint density at radius 2 is 2.09 bits per heavy atom. The molecule has 0 aliphatic carbocycles. The second-order valence-corrected chi connectivity index (χ2v) is 9.40. The summed E-state index contributed by atoms with van der Waals surface area (Å²) in [5.74, 6) is -0.584. The predicted octanol–water partition coefficient (Wildman–Crippen LogP) is 5.47. The van der Waals surface area contributed by atoms with Gasteiger partial charge in [0.15, 0.2) is 0 Å². The first-order chi connectivity index (χ1) is 17.0. The Labute approximate surface area is 206 Å². The molecule has 6 nitrogen and oxygen atoms in total. The molecule has 0 radical (unpaired) electrons. The number of aryl methyl sites for hydroxylation is 1. The lowest BCUT2D eigenvalue weighted by molar-refractivity contribution is -0.146. The van der Waals surface area contributed by atoms with Crippen molar-refractivity contribution in [3.63, 3.8) is 0 Å². The van der Waals surface area contributed by atoms with Crippen molar-refractivity contribution in [1.82, 2.24) is 14.9 Å². The molecule has 2 aromatic heterocycles. The number of ether oxygens (including phenoxy) is 1. The number of halogens is 1. The molecule has 1 aromatic carbocycles. The molecule has 0 unspecified atom stereocenters. The number of pyridine rings is 2. The summed E-state index contributed by atoms with van der Waals surface area (Å²) in [6, 6.07) is 13.1. The zero-order valence-electron chi connectivity index (χ0n) is 20.3. The number of piperidine rings is 1. The SMILES string of the molecule is COc1ccc2nccc([C@@H](F)CC[C@@H]3CCN(CCCCc4ccccn4)C[C@@H]3C(=O)O)c2c1. The van der Waals surface area contributed by atoms with E-state index in [1.54, 1.807) is 19.4 Å². The number of likely N-dealkylation sites (tertiary alicyclic amines) is 1. The Hall–Kier alpha value is -3.06. The first-order valence-corrected chi connectivity index (χ1v) is 12.5. The van der Waals surface area contributed by atoms with Gasteiger partial charge < -0.3 is 14.7 Å². The fourth-order valence-electron chi connectivity index (χ4n) is 5.15. The van der Waals surface area contributed by atoms with Gasteiger partial charge in [-0.2, -0.15) is 0 Å². The lowest BCUT2D eigenvalue weighted by Gasteiger charge is -2.37. The van der Waals surface area contributed by atoms with Gasteiger partial charge >= 0.3 is 5.97 Å². The summed E-state index contributed by atoms with van der Waals surface area (Å²) in [7, 11) is 1.59. The number of hydrogen-bond acceptors (Lipinski definition) is 5. The third-order valence-corrected chi connectivity index (χ3v) is 7.15. The molecule has 186 valence electrons. The van der Waals surface area contributed by atoms with Gasteiger partial charge in [0, 0.05) is 30.0 Å². The van der Waals surface area contributed by atoms with E-state index in [9.17, 15) is 9.90 Å². The number of carbonyl (C=O) groups is 1. The molecule has 1 aliphatic rings. The Morgan fingerprint density at radius 3 is 2.86 bits per heavy atom. The zero-order chi connectivity index (χ0) is 24.6. The third-order valence-electron chi connectivity index (χ3n) is 7.15. The van der Waals surface area contributed by atoms with Crippen LogP contribution in [0.25, 0.3) is 10.9 Å². The van der Waals surface area contributed by atoms with Crippen LogP contribution >= 0.6 is 0 Å². The lowest BCUT2D eigenvalue weighted by atomic mass is 9.81. The number of carboxylic acids is 1. The zero-order valence-corrected chi connectivity index (χ0v) is 20.3. The number of benzene rings is 1. The van der Waals surface area contributed by atoms with Crippen LogP contribution in [0, 0.1) is 11.8 Å². The number of aromatic nitrogens is 2. The van der Waals surface area contributed by atoms with Crippen LogP contribution in [0.4, 0.5) is 4.39 Å². The van der Waals surface area contributed by atoms with Gasteiger partial charge in [0.25, 0.3) is 0 Å². The molecule has 1 N–H and O–H groups in total. The molecule has 1 aliphatic heterocycles. The maximum absolute atomic E-state index is 15.4. The molecular formula is C28H34FN3O3. The highest BCUT2D eigenvalue weighted by Gasteiger charge is 2.34. The average Bonchev–Trinajstić information content (AvgIpc) is 2.89. The summed E-state index contributed by atoms with van der Waals surface area (Å²) in [6.07, 6.45) is 6.89. The molecule has 35 heavy (non-hydrogen) atoms. The van der Waals surface area contributed by atoms with Crippen molar-refractivity contribution in [1.29, 1.82) is 0 Å². The summed E-state index contributed by atoms with van der Waals surface area (Å²) in [6.45, 7) is 2.29. The number of rotatable bonds is 11. The fraction of sp³-hybridized carbons (Fsp3) is 0.464. The number of hydrogen-bond donors (Lipinski definition) is 1. The Balaban J connectivity index is 1.30. The van der Waals surface area contributed by atoms with Crippen LogP contribution in [-0.2, 0) is 11.2 Å². The van der Waals surface area contributed by atoms with E-state index in [1.807, 2.05) is 42.6 Å². The van der Waals surface area contributed by atoms with E-state index in [-0.39, 0.29) is 5.92 Å². The quantitative estimate of drug-likeness (QED) is 0.367. The molecule has 3 aromatic rings. The van der Waals surface area contributed by atoms with Crippen molar-refractivity contribution in [3.8, 4) is 5.75 Å². The average molecular weight is 480 g/mol. The molecule has 0 spiro atoms. The van der Waals surface area contributed by atoms with Crippen LogP contribution in [0.2, 0.25) is 0 Å². The van der Waals surface area contributed by atoms with Crippen LogP contribution < -0.4 is 4.74 Å². The van der Waals surface area contributed by atoms with E-state index < -0.39 is 18.1 Å². The maximum atomic E-state index is 15.4. The number of unbranched alkanes of at least 4 members (excludes halogenated alkanes) is 1. The largest absolute Gasteiger partial charge is 0.497 e. The fourth-order valence-corrected chi connectivity index (χ4v) is 5.15. The molecule has 0 amide bonds. The van der Waals surface area contributed by atoms with E-state index in [0.29, 0.717) is 30.7 Å².